The summed E-state index contributed by atoms with van der Waals surface area (Å²) in [4.78, 5) is 27.5. The number of carbonyl (C=O) groups excluding carboxylic acids is 2. The second-order valence-electron chi connectivity index (χ2n) is 5.28. The lowest BCUT2D eigenvalue weighted by Crippen LogP contribution is -2.27. The smallest absolute Gasteiger partial charge is 0.338 e. The maximum Gasteiger partial charge on any atom is 0.338 e. The number of rotatable bonds is 5. The largest absolute Gasteiger partial charge is 0.479 e. The summed E-state index contributed by atoms with van der Waals surface area (Å²) < 4.78 is 11.0. The summed E-state index contributed by atoms with van der Waals surface area (Å²) in [6.07, 6.45) is 10.2. The van der Waals surface area contributed by atoms with Crippen molar-refractivity contribution in [2.45, 2.75) is 19.4 Å². The lowest BCUT2D eigenvalue weighted by Gasteiger charge is -2.24. The Morgan fingerprint density at radius 1 is 1.33 bits per heavy atom. The summed E-state index contributed by atoms with van der Waals surface area (Å²) in [6, 6.07) is 3.24. The molecule has 0 saturated heterocycles. The average Bonchev–Trinajstić information content (AvgIpc) is 2.76. The number of nitrogens with zero attached hydrogens (tertiary/aromatic N) is 1. The number of hydrogen-bond donors (Lipinski definition) is 1. The number of aromatic nitrogens is 1. The van der Waals surface area contributed by atoms with Gasteiger partial charge in [-0.1, -0.05) is 6.08 Å². The molecule has 1 unspecified atom stereocenters. The van der Waals surface area contributed by atoms with E-state index in [-0.39, 0.29) is 17.6 Å². The van der Waals surface area contributed by atoms with Gasteiger partial charge in [-0.2, -0.15) is 0 Å². The molecule has 6 heteroatoms. The standard InChI is InChI=1S/C18H20N2O4/c1-4-23-17(22)13-6-5-9-18(2,10-7-13)24-14-8-11-20-15(12-14)16(21)19-3/h5-12H,4H2,1-3H3,(H,19,21). The Kier molecular flexibility index (Phi) is 5.52. The van der Waals surface area contributed by atoms with Crippen LogP contribution in [0.25, 0.3) is 0 Å². The molecule has 1 N–H and O–H groups in total. The van der Waals surface area contributed by atoms with Crippen molar-refractivity contribution < 1.29 is 19.1 Å². The van der Waals surface area contributed by atoms with Gasteiger partial charge in [-0.15, -0.1) is 0 Å². The van der Waals surface area contributed by atoms with Gasteiger partial charge in [-0.3, -0.25) is 9.78 Å². The van der Waals surface area contributed by atoms with E-state index >= 15 is 0 Å². The van der Waals surface area contributed by atoms with Gasteiger partial charge in [0.2, 0.25) is 0 Å². The van der Waals surface area contributed by atoms with Crippen LogP contribution in [0.2, 0.25) is 0 Å². The van der Waals surface area contributed by atoms with Crippen molar-refractivity contribution in [1.29, 1.82) is 0 Å². The Balaban J connectivity index is 2.17. The highest BCUT2D eigenvalue weighted by molar-refractivity contribution is 5.92. The second kappa shape index (κ2) is 7.59. The molecule has 2 rings (SSSR count). The zero-order chi connectivity index (χ0) is 17.6. The number of esters is 1. The molecule has 126 valence electrons. The SMILES string of the molecule is CCOC(=O)C1=CC=CC(C)(Oc2ccnc(C(=O)NC)c2)C=C1. The van der Waals surface area contributed by atoms with E-state index in [1.54, 1.807) is 43.4 Å². The molecule has 0 saturated carbocycles. The van der Waals surface area contributed by atoms with E-state index in [1.807, 2.05) is 13.0 Å². The van der Waals surface area contributed by atoms with Gasteiger partial charge in [0.1, 0.15) is 17.0 Å². The zero-order valence-corrected chi connectivity index (χ0v) is 13.9. The quantitative estimate of drug-likeness (QED) is 0.839. The van der Waals surface area contributed by atoms with Crippen LogP contribution in [0.1, 0.15) is 24.3 Å². The molecule has 1 aromatic heterocycles. The van der Waals surface area contributed by atoms with E-state index in [0.717, 1.165) is 0 Å². The predicted molar refractivity (Wildman–Crippen MR) is 89.7 cm³/mol. The summed E-state index contributed by atoms with van der Waals surface area (Å²) >= 11 is 0. The number of ether oxygens (including phenoxy) is 2. The molecule has 1 aliphatic carbocycles. The van der Waals surface area contributed by atoms with E-state index < -0.39 is 5.60 Å². The van der Waals surface area contributed by atoms with Gasteiger partial charge in [-0.05, 0) is 44.2 Å². The summed E-state index contributed by atoms with van der Waals surface area (Å²) in [7, 11) is 1.54. The Bertz CT molecular complexity index is 721. The van der Waals surface area contributed by atoms with Gasteiger partial charge >= 0.3 is 5.97 Å². The van der Waals surface area contributed by atoms with Crippen molar-refractivity contribution in [2.24, 2.45) is 0 Å². The van der Waals surface area contributed by atoms with Gasteiger partial charge in [0.25, 0.3) is 5.91 Å². The highest BCUT2D eigenvalue weighted by Crippen LogP contribution is 2.24. The number of carbonyl (C=O) groups is 2. The van der Waals surface area contributed by atoms with E-state index in [1.165, 1.54) is 13.2 Å². The van der Waals surface area contributed by atoms with Gasteiger partial charge in [-0.25, -0.2) is 4.79 Å². The molecule has 6 nitrogen and oxygen atoms in total. The van der Waals surface area contributed by atoms with Crippen molar-refractivity contribution in [3.63, 3.8) is 0 Å². The summed E-state index contributed by atoms with van der Waals surface area (Å²) in [5.41, 5.74) is -0.0572. The third-order valence-electron chi connectivity index (χ3n) is 3.34. The minimum atomic E-state index is -0.772. The van der Waals surface area contributed by atoms with Crippen LogP contribution in [-0.4, -0.2) is 36.1 Å². The Morgan fingerprint density at radius 2 is 2.12 bits per heavy atom. The van der Waals surface area contributed by atoms with Crippen molar-refractivity contribution in [2.75, 3.05) is 13.7 Å². The predicted octanol–water partition coefficient (Wildman–Crippen LogP) is 2.19. The van der Waals surface area contributed by atoms with Crippen LogP contribution >= 0.6 is 0 Å². The maximum absolute atomic E-state index is 11.8. The average molecular weight is 328 g/mol. The van der Waals surface area contributed by atoms with E-state index in [9.17, 15) is 9.59 Å². The first-order chi connectivity index (χ1) is 11.5. The molecule has 1 aromatic rings. The molecule has 0 spiro atoms. The van der Waals surface area contributed by atoms with Crippen molar-refractivity contribution in [3.8, 4) is 5.75 Å². The van der Waals surface area contributed by atoms with E-state index in [4.69, 9.17) is 9.47 Å². The second-order valence-corrected chi connectivity index (χ2v) is 5.28. The highest BCUT2D eigenvalue weighted by Gasteiger charge is 2.22. The normalized spacial score (nSPS) is 19.2. The lowest BCUT2D eigenvalue weighted by atomic mass is 10.1. The molecule has 0 aliphatic heterocycles. The van der Waals surface area contributed by atoms with Crippen molar-refractivity contribution in [1.82, 2.24) is 10.3 Å². The molecule has 1 atom stereocenters. The van der Waals surface area contributed by atoms with Crippen LogP contribution in [0, 0.1) is 0 Å². The molecular weight excluding hydrogens is 308 g/mol. The summed E-state index contributed by atoms with van der Waals surface area (Å²) in [5, 5.41) is 2.52. The number of amides is 1. The van der Waals surface area contributed by atoms with Crippen molar-refractivity contribution in [3.05, 3.63) is 60.0 Å². The molecule has 0 radical (unpaired) electrons. The van der Waals surface area contributed by atoms with Crippen LogP contribution in [0.4, 0.5) is 0 Å². The van der Waals surface area contributed by atoms with Gasteiger partial charge in [0.15, 0.2) is 0 Å². The number of allylic oxidation sites excluding steroid dienone is 2. The summed E-state index contributed by atoms with van der Waals surface area (Å²) in [5.74, 6) is -0.169. The first kappa shape index (κ1) is 17.5. The minimum Gasteiger partial charge on any atom is -0.479 e. The molecule has 1 heterocycles. The molecule has 1 amide bonds. The van der Waals surface area contributed by atoms with Gasteiger partial charge in [0, 0.05) is 19.3 Å². The topological polar surface area (TPSA) is 77.5 Å². The first-order valence-electron chi connectivity index (χ1n) is 7.60. The molecule has 0 aromatic carbocycles. The Hall–Kier alpha value is -2.89. The third kappa shape index (κ3) is 4.32. The van der Waals surface area contributed by atoms with Crippen LogP contribution < -0.4 is 10.1 Å². The third-order valence-corrected chi connectivity index (χ3v) is 3.34. The van der Waals surface area contributed by atoms with Gasteiger partial charge in [0.05, 0.1) is 12.2 Å². The fourth-order valence-electron chi connectivity index (χ4n) is 2.11. The van der Waals surface area contributed by atoms with Crippen LogP contribution in [0.5, 0.6) is 5.75 Å². The zero-order valence-electron chi connectivity index (χ0n) is 13.9. The molecule has 0 fully saturated rings. The van der Waals surface area contributed by atoms with E-state index in [2.05, 4.69) is 10.3 Å². The fraction of sp³-hybridized carbons (Fsp3) is 0.278. The summed E-state index contributed by atoms with van der Waals surface area (Å²) in [6.45, 7) is 3.93. The lowest BCUT2D eigenvalue weighted by molar-refractivity contribution is -0.138. The molecule has 0 bridgehead atoms. The maximum atomic E-state index is 11.8. The number of nitrogens with one attached hydrogen (secondary N) is 1. The fourth-order valence-corrected chi connectivity index (χ4v) is 2.11. The monoisotopic (exact) mass is 328 g/mol. The number of hydrogen-bond acceptors (Lipinski definition) is 5. The molecule has 24 heavy (non-hydrogen) atoms. The highest BCUT2D eigenvalue weighted by atomic mass is 16.5. The number of pyridine rings is 1. The van der Waals surface area contributed by atoms with Gasteiger partial charge < -0.3 is 14.8 Å². The minimum absolute atomic E-state index is 0.269. The molecule has 1 aliphatic rings. The Morgan fingerprint density at radius 3 is 2.83 bits per heavy atom. The molecular formula is C18H20N2O4. The van der Waals surface area contributed by atoms with Crippen LogP contribution in [0.3, 0.4) is 0 Å². The Labute approximate surface area is 140 Å². The van der Waals surface area contributed by atoms with Crippen LogP contribution in [0.15, 0.2) is 54.3 Å². The van der Waals surface area contributed by atoms with E-state index in [0.29, 0.717) is 17.9 Å². The first-order valence-corrected chi connectivity index (χ1v) is 7.60. The van der Waals surface area contributed by atoms with Crippen LogP contribution in [-0.2, 0) is 9.53 Å². The van der Waals surface area contributed by atoms with Crippen molar-refractivity contribution >= 4 is 11.9 Å².